The lowest BCUT2D eigenvalue weighted by Gasteiger charge is -2.18. The van der Waals surface area contributed by atoms with Crippen molar-refractivity contribution in [3.05, 3.63) is 53.3 Å². The van der Waals surface area contributed by atoms with E-state index >= 15 is 0 Å². The summed E-state index contributed by atoms with van der Waals surface area (Å²) >= 11 is 1.22. The summed E-state index contributed by atoms with van der Waals surface area (Å²) in [5.74, 6) is -0.487. The number of carbonyl (C=O) groups excluding carboxylic acids is 1. The number of halogens is 1. The van der Waals surface area contributed by atoms with Gasteiger partial charge in [0.25, 0.3) is 0 Å². The van der Waals surface area contributed by atoms with Crippen molar-refractivity contribution in [1.29, 1.82) is 0 Å². The van der Waals surface area contributed by atoms with Crippen LogP contribution in [0.25, 0.3) is 0 Å². The molecule has 8 nitrogen and oxygen atoms in total. The summed E-state index contributed by atoms with van der Waals surface area (Å²) in [5, 5.41) is 9.96. The standard InChI is InChI=1S/C18H21FN6O2S/c1-12(9-20)28-17(21-2)15-5-4-13(8-16(15)19)25-11-14(27-18(25)26)10-24-7-3-6-22-23-24/h3-5,7-8,14H,1,6,9-11,20H2,2H3. The van der Waals surface area contributed by atoms with E-state index in [2.05, 4.69) is 21.9 Å². The lowest BCUT2D eigenvalue weighted by atomic mass is 10.2. The number of cyclic esters (lactones) is 1. The number of thioether (sulfide) groups is 1. The second kappa shape index (κ2) is 8.98. The first-order valence-electron chi connectivity index (χ1n) is 8.63. The van der Waals surface area contributed by atoms with Crippen LogP contribution in [-0.2, 0) is 4.74 Å². The molecule has 1 aromatic carbocycles. The zero-order valence-corrected chi connectivity index (χ0v) is 16.2. The highest BCUT2D eigenvalue weighted by Crippen LogP contribution is 2.28. The van der Waals surface area contributed by atoms with Crippen molar-refractivity contribution in [2.24, 2.45) is 21.1 Å². The van der Waals surface area contributed by atoms with Gasteiger partial charge < -0.3 is 10.5 Å². The van der Waals surface area contributed by atoms with Crippen molar-refractivity contribution in [1.82, 2.24) is 5.01 Å². The molecule has 1 aromatic rings. The first-order chi connectivity index (χ1) is 13.5. The molecular formula is C18H21FN6O2S. The third-order valence-electron chi connectivity index (χ3n) is 4.07. The average Bonchev–Trinajstić information content (AvgIpc) is 3.07. The molecule has 0 aliphatic carbocycles. The van der Waals surface area contributed by atoms with Gasteiger partial charge in [-0.25, -0.2) is 9.18 Å². The van der Waals surface area contributed by atoms with Crippen molar-refractivity contribution in [3.8, 4) is 0 Å². The quantitative estimate of drug-likeness (QED) is 0.581. The minimum absolute atomic E-state index is 0.274. The van der Waals surface area contributed by atoms with E-state index < -0.39 is 18.0 Å². The number of benzene rings is 1. The number of anilines is 1. The average molecular weight is 404 g/mol. The Morgan fingerprint density at radius 3 is 3.00 bits per heavy atom. The highest BCUT2D eigenvalue weighted by atomic mass is 32.2. The van der Waals surface area contributed by atoms with Crippen molar-refractivity contribution in [3.63, 3.8) is 0 Å². The molecule has 2 N–H and O–H groups in total. The lowest BCUT2D eigenvalue weighted by Crippen LogP contribution is -2.30. The molecule has 2 aliphatic heterocycles. The first kappa shape index (κ1) is 20.0. The maximum Gasteiger partial charge on any atom is 0.414 e. The Morgan fingerprint density at radius 1 is 1.54 bits per heavy atom. The van der Waals surface area contributed by atoms with Crippen LogP contribution in [0.4, 0.5) is 14.9 Å². The molecule has 1 unspecified atom stereocenters. The summed E-state index contributed by atoms with van der Waals surface area (Å²) in [6.45, 7) is 5.30. The third kappa shape index (κ3) is 4.57. The van der Waals surface area contributed by atoms with E-state index in [-0.39, 0.29) is 6.54 Å². The number of hydrogen-bond donors (Lipinski definition) is 1. The number of ether oxygens (including phenoxy) is 1. The van der Waals surface area contributed by atoms with Crippen LogP contribution in [0.15, 0.2) is 57.3 Å². The van der Waals surface area contributed by atoms with E-state index in [0.717, 1.165) is 0 Å². The Kier molecular flexibility index (Phi) is 6.42. The number of nitrogens with two attached hydrogens (primary N) is 1. The highest BCUT2D eigenvalue weighted by molar-refractivity contribution is 8.17. The van der Waals surface area contributed by atoms with Crippen molar-refractivity contribution < 1.29 is 13.9 Å². The predicted octanol–water partition coefficient (Wildman–Crippen LogP) is 2.93. The number of hydrogen-bond acceptors (Lipinski definition) is 8. The highest BCUT2D eigenvalue weighted by Gasteiger charge is 2.34. The summed E-state index contributed by atoms with van der Waals surface area (Å²) < 4.78 is 20.1. The van der Waals surface area contributed by atoms with Gasteiger partial charge in [-0.3, -0.25) is 14.9 Å². The van der Waals surface area contributed by atoms with Gasteiger partial charge in [-0.2, -0.15) is 5.11 Å². The maximum absolute atomic E-state index is 14.7. The van der Waals surface area contributed by atoms with Crippen LogP contribution in [0.3, 0.4) is 0 Å². The first-order valence-corrected chi connectivity index (χ1v) is 9.44. The van der Waals surface area contributed by atoms with Gasteiger partial charge in [-0.1, -0.05) is 23.6 Å². The molecule has 1 saturated heterocycles. The SMILES string of the molecule is C=C(CN)SC(=NC)c1ccc(N2CC(CN3C=CCN=N3)OC2=O)cc1F. The number of nitrogens with zero attached hydrogens (tertiary/aromatic N) is 5. The van der Waals surface area contributed by atoms with E-state index in [1.807, 2.05) is 6.08 Å². The van der Waals surface area contributed by atoms with Crippen molar-refractivity contribution >= 4 is 28.6 Å². The monoisotopic (exact) mass is 404 g/mol. The molecule has 1 atom stereocenters. The molecule has 0 saturated carbocycles. The van der Waals surface area contributed by atoms with Crippen LogP contribution < -0.4 is 10.6 Å². The van der Waals surface area contributed by atoms with Gasteiger partial charge in [0.2, 0.25) is 0 Å². The summed E-state index contributed by atoms with van der Waals surface area (Å²) in [4.78, 5) is 18.4. The van der Waals surface area contributed by atoms with Gasteiger partial charge in [0.1, 0.15) is 17.0 Å². The predicted molar refractivity (Wildman–Crippen MR) is 108 cm³/mol. The van der Waals surface area contributed by atoms with Crippen molar-refractivity contribution in [2.75, 3.05) is 38.1 Å². The van der Waals surface area contributed by atoms with E-state index in [1.165, 1.54) is 22.7 Å². The van der Waals surface area contributed by atoms with Crippen molar-refractivity contribution in [2.45, 2.75) is 6.10 Å². The molecule has 28 heavy (non-hydrogen) atoms. The van der Waals surface area contributed by atoms with Gasteiger partial charge in [0.15, 0.2) is 0 Å². The topological polar surface area (TPSA) is 95.9 Å². The second-order valence-electron chi connectivity index (χ2n) is 6.07. The second-order valence-corrected chi connectivity index (χ2v) is 7.24. The molecule has 0 aromatic heterocycles. The van der Waals surface area contributed by atoms with E-state index in [0.29, 0.717) is 40.8 Å². The van der Waals surface area contributed by atoms with Crippen LogP contribution in [0.5, 0.6) is 0 Å². The Bertz CT molecular complexity index is 844. The van der Waals surface area contributed by atoms with Crippen LogP contribution in [0, 0.1) is 5.82 Å². The Labute approximate surface area is 166 Å². The summed E-state index contributed by atoms with van der Waals surface area (Å²) in [5.41, 5.74) is 6.29. The summed E-state index contributed by atoms with van der Waals surface area (Å²) in [6.07, 6.45) is 2.73. The van der Waals surface area contributed by atoms with Crippen LogP contribution in [-0.4, -0.2) is 55.5 Å². The number of carbonyl (C=O) groups is 1. The molecule has 3 rings (SSSR count). The number of aliphatic imine (C=N–C) groups is 1. The zero-order valence-electron chi connectivity index (χ0n) is 15.4. The van der Waals surface area contributed by atoms with Gasteiger partial charge in [0, 0.05) is 25.4 Å². The number of amides is 1. The fraction of sp³-hybridized carbons (Fsp3) is 0.333. The fourth-order valence-electron chi connectivity index (χ4n) is 2.74. The third-order valence-corrected chi connectivity index (χ3v) is 5.13. The molecule has 1 fully saturated rings. The number of rotatable bonds is 6. The van der Waals surface area contributed by atoms with Crippen LogP contribution >= 0.6 is 11.8 Å². The maximum atomic E-state index is 14.7. The Hall–Kier alpha value is -2.72. The summed E-state index contributed by atoms with van der Waals surface area (Å²) in [7, 11) is 1.58. The molecule has 0 bridgehead atoms. The van der Waals surface area contributed by atoms with Gasteiger partial charge in [0.05, 0.1) is 25.3 Å². The summed E-state index contributed by atoms with van der Waals surface area (Å²) in [6, 6.07) is 4.56. The fourth-order valence-corrected chi connectivity index (χ4v) is 3.47. The van der Waals surface area contributed by atoms with Gasteiger partial charge in [-0.15, -0.1) is 0 Å². The normalized spacial score (nSPS) is 19.3. The van der Waals surface area contributed by atoms with E-state index in [1.54, 1.807) is 30.4 Å². The lowest BCUT2D eigenvalue weighted by molar-refractivity contribution is 0.120. The van der Waals surface area contributed by atoms with Crippen LogP contribution in [0.1, 0.15) is 5.56 Å². The molecule has 10 heteroatoms. The van der Waals surface area contributed by atoms with E-state index in [9.17, 15) is 9.18 Å². The molecule has 1 amide bonds. The van der Waals surface area contributed by atoms with Gasteiger partial charge in [-0.05, 0) is 29.2 Å². The molecular weight excluding hydrogens is 383 g/mol. The zero-order chi connectivity index (χ0) is 20.1. The largest absolute Gasteiger partial charge is 0.442 e. The Balaban J connectivity index is 1.71. The molecule has 0 spiro atoms. The molecule has 0 radical (unpaired) electrons. The minimum Gasteiger partial charge on any atom is -0.442 e. The van der Waals surface area contributed by atoms with Gasteiger partial charge >= 0.3 is 6.09 Å². The molecule has 2 aliphatic rings. The van der Waals surface area contributed by atoms with Crippen LogP contribution in [0.2, 0.25) is 0 Å². The smallest absolute Gasteiger partial charge is 0.414 e. The minimum atomic E-state index is -0.523. The Morgan fingerprint density at radius 2 is 2.36 bits per heavy atom. The molecule has 148 valence electrons. The van der Waals surface area contributed by atoms with E-state index in [4.69, 9.17) is 10.5 Å². The molecule has 2 heterocycles.